The fraction of sp³-hybridized carbons (Fsp3) is 0.200. The average molecular weight is 373 g/mol. The number of nitrogens with one attached hydrogen (secondary N) is 1. The lowest BCUT2D eigenvalue weighted by Crippen LogP contribution is -2.15. The third-order valence-corrected chi connectivity index (χ3v) is 4.61. The van der Waals surface area contributed by atoms with E-state index in [0.29, 0.717) is 6.61 Å². The fourth-order valence-electron chi connectivity index (χ4n) is 3.03. The summed E-state index contributed by atoms with van der Waals surface area (Å²) in [5.74, 6) is 1.19. The summed E-state index contributed by atoms with van der Waals surface area (Å²) in [5, 5.41) is 12.6. The van der Waals surface area contributed by atoms with Crippen molar-refractivity contribution in [2.75, 3.05) is 20.2 Å². The van der Waals surface area contributed by atoms with E-state index in [9.17, 15) is 5.11 Å². The van der Waals surface area contributed by atoms with E-state index in [1.165, 1.54) is 16.7 Å². The number of ether oxygens (including phenoxy) is 1. The number of phenolic OH excluding ortho intramolecular Hbond substituents is 1. The van der Waals surface area contributed by atoms with Crippen LogP contribution >= 0.6 is 0 Å². The summed E-state index contributed by atoms with van der Waals surface area (Å²) in [6.45, 7) is 1.51. The van der Waals surface area contributed by atoms with Gasteiger partial charge in [0.25, 0.3) is 0 Å². The summed E-state index contributed by atoms with van der Waals surface area (Å²) >= 11 is 0. The van der Waals surface area contributed by atoms with Gasteiger partial charge in [0.1, 0.15) is 18.1 Å². The van der Waals surface area contributed by atoms with Crippen LogP contribution in [-0.2, 0) is 6.42 Å². The number of hydrogen-bond donors (Lipinski definition) is 2. The normalized spacial score (nSPS) is 11.4. The Morgan fingerprint density at radius 2 is 1.64 bits per heavy atom. The van der Waals surface area contributed by atoms with Crippen molar-refractivity contribution in [2.24, 2.45) is 0 Å². The van der Waals surface area contributed by atoms with Crippen LogP contribution in [0.25, 0.3) is 11.6 Å². The van der Waals surface area contributed by atoms with Gasteiger partial charge in [0.15, 0.2) is 0 Å². The fourth-order valence-corrected chi connectivity index (χ4v) is 3.03. The molecule has 3 rings (SSSR count). The molecule has 0 unspecified atom stereocenters. The van der Waals surface area contributed by atoms with Crippen LogP contribution in [0.1, 0.15) is 23.1 Å². The molecule has 3 nitrogen and oxygen atoms in total. The highest BCUT2D eigenvalue weighted by molar-refractivity contribution is 5.81. The van der Waals surface area contributed by atoms with Crippen LogP contribution < -0.4 is 10.1 Å². The Hall–Kier alpha value is -3.04. The molecule has 0 heterocycles. The van der Waals surface area contributed by atoms with Gasteiger partial charge in [-0.25, -0.2) is 0 Å². The van der Waals surface area contributed by atoms with E-state index in [2.05, 4.69) is 47.8 Å². The van der Waals surface area contributed by atoms with Crippen molar-refractivity contribution in [1.82, 2.24) is 5.32 Å². The standard InChI is InChI=1S/C25H27NO2/c1-26-17-18-28-25-15-10-20(11-16-25)7-12-23(22-5-3-2-4-6-22)19-21-8-13-24(27)14-9-21/h2-6,8-11,13-16,19,26-27H,7,12,17-18H2,1H3/b23-19-. The number of aromatic hydroxyl groups is 1. The SMILES string of the molecule is CNCCOc1ccc(CC/C(=C/c2ccc(O)cc2)c2ccccc2)cc1. The zero-order valence-electron chi connectivity index (χ0n) is 16.3. The highest BCUT2D eigenvalue weighted by atomic mass is 16.5. The molecule has 0 saturated heterocycles. The minimum Gasteiger partial charge on any atom is -0.508 e. The molecule has 3 aromatic carbocycles. The van der Waals surface area contributed by atoms with Gasteiger partial charge in [0, 0.05) is 6.54 Å². The van der Waals surface area contributed by atoms with Gasteiger partial charge < -0.3 is 15.2 Å². The van der Waals surface area contributed by atoms with Crippen molar-refractivity contribution < 1.29 is 9.84 Å². The summed E-state index contributed by atoms with van der Waals surface area (Å²) in [7, 11) is 1.92. The summed E-state index contributed by atoms with van der Waals surface area (Å²) < 4.78 is 5.69. The second kappa shape index (κ2) is 10.3. The van der Waals surface area contributed by atoms with E-state index in [4.69, 9.17) is 4.74 Å². The summed E-state index contributed by atoms with van der Waals surface area (Å²) in [6.07, 6.45) is 4.09. The maximum atomic E-state index is 9.52. The number of likely N-dealkylation sites (N-methyl/N-ethyl adjacent to an activating group) is 1. The molecule has 0 spiro atoms. The predicted octanol–water partition coefficient (Wildman–Crippen LogP) is 5.16. The molecule has 144 valence electrons. The van der Waals surface area contributed by atoms with Crippen LogP contribution in [0, 0.1) is 0 Å². The molecule has 0 bridgehead atoms. The molecule has 3 heteroatoms. The minimum absolute atomic E-state index is 0.287. The first-order valence-electron chi connectivity index (χ1n) is 9.66. The molecular weight excluding hydrogens is 346 g/mol. The Morgan fingerprint density at radius 3 is 2.32 bits per heavy atom. The maximum absolute atomic E-state index is 9.52. The first-order chi connectivity index (χ1) is 13.7. The molecule has 2 N–H and O–H groups in total. The monoisotopic (exact) mass is 373 g/mol. The predicted molar refractivity (Wildman–Crippen MR) is 117 cm³/mol. The average Bonchev–Trinajstić information content (AvgIpc) is 2.74. The summed E-state index contributed by atoms with van der Waals surface area (Å²) in [6, 6.07) is 26.1. The first kappa shape index (κ1) is 19.7. The van der Waals surface area contributed by atoms with Gasteiger partial charge in [-0.2, -0.15) is 0 Å². The van der Waals surface area contributed by atoms with E-state index in [1.807, 2.05) is 37.4 Å². The molecule has 0 aliphatic carbocycles. The highest BCUT2D eigenvalue weighted by Crippen LogP contribution is 2.25. The van der Waals surface area contributed by atoms with Gasteiger partial charge in [-0.1, -0.05) is 60.7 Å². The van der Waals surface area contributed by atoms with Crippen molar-refractivity contribution in [3.63, 3.8) is 0 Å². The zero-order chi connectivity index (χ0) is 19.6. The van der Waals surface area contributed by atoms with Gasteiger partial charge in [-0.3, -0.25) is 0 Å². The van der Waals surface area contributed by atoms with Crippen LogP contribution in [0.15, 0.2) is 78.9 Å². The zero-order valence-corrected chi connectivity index (χ0v) is 16.3. The van der Waals surface area contributed by atoms with Crippen LogP contribution in [-0.4, -0.2) is 25.3 Å². The summed E-state index contributed by atoms with van der Waals surface area (Å²) in [4.78, 5) is 0. The molecule has 0 aromatic heterocycles. The number of benzene rings is 3. The van der Waals surface area contributed by atoms with Crippen molar-refractivity contribution in [3.05, 3.63) is 95.6 Å². The van der Waals surface area contributed by atoms with Crippen LogP contribution in [0.3, 0.4) is 0 Å². The van der Waals surface area contributed by atoms with Crippen molar-refractivity contribution in [3.8, 4) is 11.5 Å². The third-order valence-electron chi connectivity index (χ3n) is 4.61. The first-order valence-corrected chi connectivity index (χ1v) is 9.66. The van der Waals surface area contributed by atoms with E-state index < -0.39 is 0 Å². The second-order valence-corrected chi connectivity index (χ2v) is 6.72. The van der Waals surface area contributed by atoms with Crippen LogP contribution in [0.2, 0.25) is 0 Å². The maximum Gasteiger partial charge on any atom is 0.119 e. The molecule has 28 heavy (non-hydrogen) atoms. The Bertz CT molecular complexity index is 869. The number of hydrogen-bond acceptors (Lipinski definition) is 3. The van der Waals surface area contributed by atoms with Crippen molar-refractivity contribution in [1.29, 1.82) is 0 Å². The number of phenols is 1. The second-order valence-electron chi connectivity index (χ2n) is 6.72. The quantitative estimate of drug-likeness (QED) is 0.402. The molecule has 0 fully saturated rings. The molecule has 0 radical (unpaired) electrons. The number of aryl methyl sites for hydroxylation is 1. The third kappa shape index (κ3) is 6.00. The number of rotatable bonds is 9. The lowest BCUT2D eigenvalue weighted by atomic mass is 9.96. The highest BCUT2D eigenvalue weighted by Gasteiger charge is 2.04. The Kier molecular flexibility index (Phi) is 7.28. The van der Waals surface area contributed by atoms with Gasteiger partial charge in [0.05, 0.1) is 0 Å². The van der Waals surface area contributed by atoms with Crippen LogP contribution in [0.5, 0.6) is 11.5 Å². The number of allylic oxidation sites excluding steroid dienone is 1. The van der Waals surface area contributed by atoms with E-state index in [1.54, 1.807) is 12.1 Å². The molecule has 0 aliphatic heterocycles. The molecule has 0 amide bonds. The smallest absolute Gasteiger partial charge is 0.119 e. The lowest BCUT2D eigenvalue weighted by molar-refractivity contribution is 0.318. The minimum atomic E-state index is 0.287. The topological polar surface area (TPSA) is 41.5 Å². The van der Waals surface area contributed by atoms with Gasteiger partial charge in [-0.05, 0) is 66.4 Å². The Labute approximate surface area is 167 Å². The molecule has 3 aromatic rings. The molecular formula is C25H27NO2. The summed E-state index contributed by atoms with van der Waals surface area (Å²) in [5.41, 5.74) is 4.88. The largest absolute Gasteiger partial charge is 0.508 e. The van der Waals surface area contributed by atoms with Gasteiger partial charge >= 0.3 is 0 Å². The lowest BCUT2D eigenvalue weighted by Gasteiger charge is -2.10. The van der Waals surface area contributed by atoms with Crippen molar-refractivity contribution >= 4 is 11.6 Å². The Morgan fingerprint density at radius 1 is 0.929 bits per heavy atom. The Balaban J connectivity index is 1.70. The van der Waals surface area contributed by atoms with E-state index in [0.717, 1.165) is 30.7 Å². The molecule has 0 atom stereocenters. The van der Waals surface area contributed by atoms with Gasteiger partial charge in [0.2, 0.25) is 0 Å². The van der Waals surface area contributed by atoms with Gasteiger partial charge in [-0.15, -0.1) is 0 Å². The van der Waals surface area contributed by atoms with E-state index >= 15 is 0 Å². The van der Waals surface area contributed by atoms with E-state index in [-0.39, 0.29) is 5.75 Å². The van der Waals surface area contributed by atoms with Crippen molar-refractivity contribution in [2.45, 2.75) is 12.8 Å². The molecule has 0 aliphatic rings. The van der Waals surface area contributed by atoms with Crippen LogP contribution in [0.4, 0.5) is 0 Å². The molecule has 0 saturated carbocycles.